The van der Waals surface area contributed by atoms with E-state index in [0.29, 0.717) is 13.1 Å². The van der Waals surface area contributed by atoms with Gasteiger partial charge in [0.15, 0.2) is 0 Å². The molecule has 0 atom stereocenters. The first-order valence-corrected chi connectivity index (χ1v) is 6.83. The standard InChI is InChI=1S/C14H13ClF2N2O/c1-8-6-9(11(17)7-10(8)16)12-13(15)18-4-2-3-5-19(18)14(12)20/h6-7H,2-5H2,1H3. The molecule has 2 heterocycles. The largest absolute Gasteiger partial charge is 0.276 e. The van der Waals surface area contributed by atoms with Crippen molar-refractivity contribution in [2.75, 3.05) is 0 Å². The van der Waals surface area contributed by atoms with Crippen LogP contribution in [0.1, 0.15) is 18.4 Å². The molecule has 0 bridgehead atoms. The first-order chi connectivity index (χ1) is 9.50. The fourth-order valence-corrected chi connectivity index (χ4v) is 2.96. The second-order valence-corrected chi connectivity index (χ2v) is 5.36. The van der Waals surface area contributed by atoms with Gasteiger partial charge in [-0.1, -0.05) is 11.6 Å². The van der Waals surface area contributed by atoms with Crippen LogP contribution in [0.4, 0.5) is 8.78 Å². The molecule has 1 aromatic carbocycles. The molecule has 6 heteroatoms. The van der Waals surface area contributed by atoms with E-state index >= 15 is 0 Å². The summed E-state index contributed by atoms with van der Waals surface area (Å²) in [5, 5.41) is 0.222. The molecule has 0 saturated heterocycles. The molecule has 0 unspecified atom stereocenters. The summed E-state index contributed by atoms with van der Waals surface area (Å²) < 4.78 is 30.5. The van der Waals surface area contributed by atoms with Crippen molar-refractivity contribution < 1.29 is 8.78 Å². The normalized spacial score (nSPS) is 14.4. The van der Waals surface area contributed by atoms with Crippen LogP contribution in [0, 0.1) is 18.6 Å². The molecule has 0 fully saturated rings. The SMILES string of the molecule is Cc1cc(-c2c(Cl)n3n(c2=O)CCCC3)c(F)cc1F. The van der Waals surface area contributed by atoms with Gasteiger partial charge in [-0.2, -0.15) is 0 Å². The first-order valence-electron chi connectivity index (χ1n) is 6.46. The summed E-state index contributed by atoms with van der Waals surface area (Å²) in [4.78, 5) is 12.4. The predicted octanol–water partition coefficient (Wildman–Crippen LogP) is 3.35. The molecule has 1 aliphatic rings. The molecule has 0 saturated carbocycles. The van der Waals surface area contributed by atoms with Crippen molar-refractivity contribution >= 4 is 11.6 Å². The second kappa shape index (κ2) is 4.74. The highest BCUT2D eigenvalue weighted by atomic mass is 35.5. The summed E-state index contributed by atoms with van der Waals surface area (Å²) >= 11 is 6.23. The van der Waals surface area contributed by atoms with Crippen LogP contribution in [-0.4, -0.2) is 9.36 Å². The zero-order valence-electron chi connectivity index (χ0n) is 10.9. The minimum absolute atomic E-state index is 0.0632. The van der Waals surface area contributed by atoms with E-state index in [2.05, 4.69) is 0 Å². The molecule has 1 aliphatic heterocycles. The maximum Gasteiger partial charge on any atom is 0.276 e. The van der Waals surface area contributed by atoms with Gasteiger partial charge >= 0.3 is 0 Å². The second-order valence-electron chi connectivity index (χ2n) is 5.01. The third kappa shape index (κ3) is 1.88. The summed E-state index contributed by atoms with van der Waals surface area (Å²) in [5.41, 5.74) is 0.146. The quantitative estimate of drug-likeness (QED) is 0.793. The molecule has 0 aliphatic carbocycles. The van der Waals surface area contributed by atoms with Crippen molar-refractivity contribution in [2.45, 2.75) is 32.9 Å². The van der Waals surface area contributed by atoms with Crippen LogP contribution in [0.3, 0.4) is 0 Å². The molecule has 2 aromatic rings. The van der Waals surface area contributed by atoms with Crippen LogP contribution in [-0.2, 0) is 13.1 Å². The number of fused-ring (bicyclic) bond motifs is 1. The zero-order chi connectivity index (χ0) is 14.4. The van der Waals surface area contributed by atoms with Crippen molar-refractivity contribution in [2.24, 2.45) is 0 Å². The van der Waals surface area contributed by atoms with E-state index in [0.717, 1.165) is 18.9 Å². The molecular formula is C14H13ClF2N2O. The third-order valence-electron chi connectivity index (χ3n) is 3.68. The Hall–Kier alpha value is -1.62. The average molecular weight is 299 g/mol. The minimum atomic E-state index is -0.768. The summed E-state index contributed by atoms with van der Waals surface area (Å²) in [6.45, 7) is 2.73. The van der Waals surface area contributed by atoms with E-state index in [4.69, 9.17) is 11.6 Å². The van der Waals surface area contributed by atoms with E-state index in [1.165, 1.54) is 17.7 Å². The van der Waals surface area contributed by atoms with Gasteiger partial charge in [0.1, 0.15) is 16.8 Å². The minimum Gasteiger partial charge on any atom is -0.271 e. The van der Waals surface area contributed by atoms with E-state index in [-0.39, 0.29) is 27.4 Å². The maximum atomic E-state index is 14.0. The fourth-order valence-electron chi connectivity index (χ4n) is 2.60. The number of aromatic nitrogens is 2. The highest BCUT2D eigenvalue weighted by Crippen LogP contribution is 2.30. The lowest BCUT2D eigenvalue weighted by atomic mass is 10.1. The van der Waals surface area contributed by atoms with E-state index in [1.807, 2.05) is 0 Å². The Morgan fingerprint density at radius 2 is 1.75 bits per heavy atom. The number of benzene rings is 1. The van der Waals surface area contributed by atoms with Gasteiger partial charge in [-0.05, 0) is 31.4 Å². The Balaban J connectivity index is 2.28. The Kier molecular flexibility index (Phi) is 3.17. The van der Waals surface area contributed by atoms with Crippen molar-refractivity contribution in [3.63, 3.8) is 0 Å². The molecular weight excluding hydrogens is 286 g/mol. The number of halogens is 3. The molecule has 3 nitrogen and oxygen atoms in total. The van der Waals surface area contributed by atoms with Crippen molar-refractivity contribution in [1.82, 2.24) is 9.36 Å². The highest BCUT2D eigenvalue weighted by Gasteiger charge is 2.24. The Morgan fingerprint density at radius 1 is 1.10 bits per heavy atom. The topological polar surface area (TPSA) is 26.9 Å². The number of aryl methyl sites for hydroxylation is 1. The summed E-state index contributed by atoms with van der Waals surface area (Å²) in [7, 11) is 0. The molecule has 0 N–H and O–H groups in total. The van der Waals surface area contributed by atoms with Crippen LogP contribution in [0.25, 0.3) is 11.1 Å². The number of rotatable bonds is 1. The van der Waals surface area contributed by atoms with E-state index in [9.17, 15) is 13.6 Å². The molecule has 0 amide bonds. The van der Waals surface area contributed by atoms with Crippen LogP contribution >= 0.6 is 11.6 Å². The third-order valence-corrected chi connectivity index (χ3v) is 4.06. The number of nitrogens with zero attached hydrogens (tertiary/aromatic N) is 2. The van der Waals surface area contributed by atoms with E-state index in [1.54, 1.807) is 4.68 Å². The Morgan fingerprint density at radius 3 is 2.40 bits per heavy atom. The average Bonchev–Trinajstić information content (AvgIpc) is 2.68. The summed E-state index contributed by atoms with van der Waals surface area (Å²) in [6, 6.07) is 2.13. The summed E-state index contributed by atoms with van der Waals surface area (Å²) in [5.74, 6) is -1.40. The van der Waals surface area contributed by atoms with Crippen LogP contribution in [0.5, 0.6) is 0 Å². The van der Waals surface area contributed by atoms with Gasteiger partial charge in [-0.25, -0.2) is 13.5 Å². The van der Waals surface area contributed by atoms with Gasteiger partial charge in [0.2, 0.25) is 0 Å². The van der Waals surface area contributed by atoms with Gasteiger partial charge in [-0.3, -0.25) is 9.48 Å². The number of hydrogen-bond acceptors (Lipinski definition) is 1. The van der Waals surface area contributed by atoms with Crippen LogP contribution in [0.15, 0.2) is 16.9 Å². The highest BCUT2D eigenvalue weighted by molar-refractivity contribution is 6.32. The van der Waals surface area contributed by atoms with Crippen molar-refractivity contribution in [3.05, 3.63) is 44.8 Å². The van der Waals surface area contributed by atoms with Crippen LogP contribution in [0.2, 0.25) is 5.15 Å². The molecule has 106 valence electrons. The molecule has 0 spiro atoms. The van der Waals surface area contributed by atoms with Crippen LogP contribution < -0.4 is 5.56 Å². The smallest absolute Gasteiger partial charge is 0.271 e. The molecule has 1 aromatic heterocycles. The summed E-state index contributed by atoms with van der Waals surface area (Å²) in [6.07, 6.45) is 1.82. The van der Waals surface area contributed by atoms with Gasteiger partial charge in [0, 0.05) is 24.7 Å². The first kappa shape index (κ1) is 13.4. The van der Waals surface area contributed by atoms with E-state index < -0.39 is 11.6 Å². The predicted molar refractivity (Wildman–Crippen MR) is 73.0 cm³/mol. The molecule has 3 rings (SSSR count). The van der Waals surface area contributed by atoms with Crippen molar-refractivity contribution in [1.29, 1.82) is 0 Å². The Labute approximate surface area is 119 Å². The number of hydrogen-bond donors (Lipinski definition) is 0. The zero-order valence-corrected chi connectivity index (χ0v) is 11.7. The van der Waals surface area contributed by atoms with Gasteiger partial charge in [0.05, 0.1) is 5.56 Å². The molecule has 0 radical (unpaired) electrons. The monoisotopic (exact) mass is 298 g/mol. The van der Waals surface area contributed by atoms with Gasteiger partial charge < -0.3 is 0 Å². The van der Waals surface area contributed by atoms with Gasteiger partial charge in [-0.15, -0.1) is 0 Å². The fraction of sp³-hybridized carbons (Fsp3) is 0.357. The van der Waals surface area contributed by atoms with Crippen molar-refractivity contribution in [3.8, 4) is 11.1 Å². The molecule has 20 heavy (non-hydrogen) atoms. The Bertz CT molecular complexity index is 749. The lowest BCUT2D eigenvalue weighted by Crippen LogP contribution is -2.27. The maximum absolute atomic E-state index is 14.0. The van der Waals surface area contributed by atoms with Gasteiger partial charge in [0.25, 0.3) is 5.56 Å². The lowest BCUT2D eigenvalue weighted by molar-refractivity contribution is 0.356. The lowest BCUT2D eigenvalue weighted by Gasteiger charge is -2.17.